The van der Waals surface area contributed by atoms with Crippen LogP contribution in [0.5, 0.6) is 0 Å². The topological polar surface area (TPSA) is 56.9 Å². The fraction of sp³-hybridized carbons (Fsp3) is 0. The molecule has 108 valence electrons. The summed E-state index contributed by atoms with van der Waals surface area (Å²) in [5.41, 5.74) is 1.26. The highest BCUT2D eigenvalue weighted by molar-refractivity contribution is 7.19. The van der Waals surface area contributed by atoms with Gasteiger partial charge in [0, 0.05) is 15.6 Å². The zero-order valence-electron chi connectivity index (χ0n) is 11.0. The third-order valence-corrected chi connectivity index (χ3v) is 4.48. The lowest BCUT2D eigenvalue weighted by molar-refractivity contribution is 0.514. The van der Waals surface area contributed by atoms with Crippen LogP contribution < -0.4 is 0 Å². The van der Waals surface area contributed by atoms with E-state index < -0.39 is 0 Å². The normalized spacial score (nSPS) is 12.0. The maximum atomic E-state index is 10.4. The molecule has 0 fully saturated rings. The first kappa shape index (κ1) is 14.9. The first-order valence-corrected chi connectivity index (χ1v) is 7.81. The number of aliphatic hydroxyl groups excluding tert-OH is 1. The molecule has 0 bridgehead atoms. The molecule has 6 heteroatoms. The van der Waals surface area contributed by atoms with Gasteiger partial charge >= 0.3 is 0 Å². The van der Waals surface area contributed by atoms with E-state index in [2.05, 4.69) is 4.98 Å². The lowest BCUT2D eigenvalue weighted by Crippen LogP contribution is -1.90. The van der Waals surface area contributed by atoms with Crippen LogP contribution in [0.15, 0.2) is 42.5 Å². The summed E-state index contributed by atoms with van der Waals surface area (Å²) in [7, 11) is 0. The van der Waals surface area contributed by atoms with Gasteiger partial charge in [-0.1, -0.05) is 35.3 Å². The van der Waals surface area contributed by atoms with Gasteiger partial charge in [-0.05, 0) is 30.3 Å². The molecule has 1 heterocycles. The quantitative estimate of drug-likeness (QED) is 0.488. The molecule has 3 nitrogen and oxygen atoms in total. The van der Waals surface area contributed by atoms with Crippen LogP contribution in [-0.4, -0.2) is 10.1 Å². The molecular formula is C16H8Cl2N2OS. The van der Waals surface area contributed by atoms with Crippen LogP contribution in [0.25, 0.3) is 21.5 Å². The number of fused-ring (bicyclic) bond motifs is 1. The number of halogens is 2. The number of nitrogens with zero attached hydrogens (tertiary/aromatic N) is 2. The predicted molar refractivity (Wildman–Crippen MR) is 91.1 cm³/mol. The second-order valence-electron chi connectivity index (χ2n) is 4.48. The molecular weight excluding hydrogens is 339 g/mol. The number of hydrogen-bond acceptors (Lipinski definition) is 4. The Balaban J connectivity index is 2.18. The van der Waals surface area contributed by atoms with Gasteiger partial charge in [-0.2, -0.15) is 5.26 Å². The van der Waals surface area contributed by atoms with E-state index in [-0.39, 0.29) is 11.3 Å². The van der Waals surface area contributed by atoms with Gasteiger partial charge in [-0.15, -0.1) is 11.3 Å². The van der Waals surface area contributed by atoms with E-state index >= 15 is 0 Å². The van der Waals surface area contributed by atoms with Gasteiger partial charge in [0.25, 0.3) is 0 Å². The zero-order valence-corrected chi connectivity index (χ0v) is 13.4. The van der Waals surface area contributed by atoms with Gasteiger partial charge in [0.1, 0.15) is 22.4 Å². The largest absolute Gasteiger partial charge is 0.506 e. The molecule has 0 saturated heterocycles. The summed E-state index contributed by atoms with van der Waals surface area (Å²) in [6.07, 6.45) is 0. The predicted octanol–water partition coefficient (Wildman–Crippen LogP) is 5.55. The number of aromatic nitrogens is 1. The van der Waals surface area contributed by atoms with Crippen molar-refractivity contribution in [3.63, 3.8) is 0 Å². The fourth-order valence-electron chi connectivity index (χ4n) is 2.02. The summed E-state index contributed by atoms with van der Waals surface area (Å²) in [5, 5.41) is 21.0. The number of para-hydroxylation sites is 1. The summed E-state index contributed by atoms with van der Waals surface area (Å²) < 4.78 is 0.946. The van der Waals surface area contributed by atoms with Crippen LogP contribution in [0.1, 0.15) is 10.6 Å². The van der Waals surface area contributed by atoms with Crippen LogP contribution in [-0.2, 0) is 0 Å². The average molecular weight is 347 g/mol. The summed E-state index contributed by atoms with van der Waals surface area (Å²) >= 11 is 13.2. The van der Waals surface area contributed by atoms with Crippen molar-refractivity contribution in [3.8, 4) is 6.07 Å². The molecule has 1 aromatic heterocycles. The van der Waals surface area contributed by atoms with Gasteiger partial charge in [-0.3, -0.25) is 0 Å². The molecule has 3 aromatic rings. The number of nitriles is 1. The van der Waals surface area contributed by atoms with E-state index in [1.54, 1.807) is 18.2 Å². The molecule has 0 aliphatic carbocycles. The number of allylic oxidation sites excluding steroid dienone is 1. The van der Waals surface area contributed by atoms with Gasteiger partial charge in [-0.25, -0.2) is 4.98 Å². The van der Waals surface area contributed by atoms with Gasteiger partial charge in [0.2, 0.25) is 0 Å². The average Bonchev–Trinajstić information content (AvgIpc) is 2.90. The standard InChI is InChI=1S/C16H8Cl2N2OS/c17-10-5-9(6-11(18)7-10)15(21)12(8-19)16-20-13-3-1-2-4-14(13)22-16/h1-7,21H/b15-12-. The van der Waals surface area contributed by atoms with Crippen LogP contribution in [0.4, 0.5) is 0 Å². The minimum absolute atomic E-state index is 0.0968. The molecule has 22 heavy (non-hydrogen) atoms. The Hall–Kier alpha value is -2.06. The monoisotopic (exact) mass is 346 g/mol. The maximum absolute atomic E-state index is 10.4. The van der Waals surface area contributed by atoms with Crippen molar-refractivity contribution in [2.75, 3.05) is 0 Å². The smallest absolute Gasteiger partial charge is 0.143 e. The van der Waals surface area contributed by atoms with Crippen molar-refractivity contribution in [1.29, 1.82) is 5.26 Å². The minimum atomic E-state index is -0.189. The molecule has 0 atom stereocenters. The Kier molecular flexibility index (Phi) is 4.04. The molecule has 0 amide bonds. The zero-order chi connectivity index (χ0) is 15.7. The van der Waals surface area contributed by atoms with E-state index in [0.717, 1.165) is 10.2 Å². The van der Waals surface area contributed by atoms with E-state index in [0.29, 0.717) is 20.6 Å². The Morgan fingerprint density at radius 3 is 2.45 bits per heavy atom. The van der Waals surface area contributed by atoms with Crippen molar-refractivity contribution in [2.45, 2.75) is 0 Å². The van der Waals surface area contributed by atoms with Crippen molar-refractivity contribution < 1.29 is 5.11 Å². The number of benzene rings is 2. The Labute approximate surface area is 140 Å². The molecule has 0 aliphatic heterocycles. The SMILES string of the molecule is N#C/C(=C(/O)c1cc(Cl)cc(Cl)c1)c1nc2ccccc2s1. The number of thiazole rings is 1. The Bertz CT molecular complexity index is 887. The van der Waals surface area contributed by atoms with Gasteiger partial charge in [0.15, 0.2) is 0 Å². The second-order valence-corrected chi connectivity index (χ2v) is 6.38. The highest BCUT2D eigenvalue weighted by Gasteiger charge is 2.15. The molecule has 0 radical (unpaired) electrons. The second kappa shape index (κ2) is 5.98. The highest BCUT2D eigenvalue weighted by Crippen LogP contribution is 2.32. The molecule has 2 aromatic carbocycles. The third-order valence-electron chi connectivity index (χ3n) is 2.99. The van der Waals surface area contributed by atoms with Crippen molar-refractivity contribution in [1.82, 2.24) is 4.98 Å². The molecule has 1 N–H and O–H groups in total. The van der Waals surface area contributed by atoms with E-state index in [4.69, 9.17) is 23.2 Å². The third kappa shape index (κ3) is 2.79. The summed E-state index contributed by atoms with van der Waals surface area (Å²) in [5.74, 6) is -0.189. The maximum Gasteiger partial charge on any atom is 0.143 e. The van der Waals surface area contributed by atoms with Crippen LogP contribution in [0.3, 0.4) is 0 Å². The van der Waals surface area contributed by atoms with Crippen LogP contribution >= 0.6 is 34.5 Å². The molecule has 0 saturated carbocycles. The lowest BCUT2D eigenvalue weighted by atomic mass is 10.1. The van der Waals surface area contributed by atoms with Crippen molar-refractivity contribution >= 4 is 56.1 Å². The molecule has 0 aliphatic rings. The van der Waals surface area contributed by atoms with Crippen molar-refractivity contribution in [2.24, 2.45) is 0 Å². The van der Waals surface area contributed by atoms with Crippen LogP contribution in [0.2, 0.25) is 10.0 Å². The summed E-state index contributed by atoms with van der Waals surface area (Å²) in [6.45, 7) is 0. The first-order valence-electron chi connectivity index (χ1n) is 6.24. The number of hydrogen-bond donors (Lipinski definition) is 1. The summed E-state index contributed by atoms with van der Waals surface area (Å²) in [4.78, 5) is 4.39. The molecule has 3 rings (SSSR count). The Morgan fingerprint density at radius 2 is 1.82 bits per heavy atom. The van der Waals surface area contributed by atoms with E-state index in [1.165, 1.54) is 11.3 Å². The highest BCUT2D eigenvalue weighted by atomic mass is 35.5. The lowest BCUT2D eigenvalue weighted by Gasteiger charge is -2.04. The van der Waals surface area contributed by atoms with E-state index in [1.807, 2.05) is 30.3 Å². The number of rotatable bonds is 2. The summed E-state index contributed by atoms with van der Waals surface area (Å²) in [6, 6.07) is 14.2. The first-order chi connectivity index (χ1) is 10.6. The fourth-order valence-corrected chi connectivity index (χ4v) is 3.50. The van der Waals surface area contributed by atoms with Crippen LogP contribution in [0, 0.1) is 11.3 Å². The van der Waals surface area contributed by atoms with Gasteiger partial charge < -0.3 is 5.11 Å². The van der Waals surface area contributed by atoms with Gasteiger partial charge in [0.05, 0.1) is 10.2 Å². The molecule has 0 spiro atoms. The minimum Gasteiger partial charge on any atom is -0.506 e. The van der Waals surface area contributed by atoms with E-state index in [9.17, 15) is 10.4 Å². The number of aliphatic hydroxyl groups is 1. The Morgan fingerprint density at radius 1 is 1.14 bits per heavy atom. The van der Waals surface area contributed by atoms with Crippen molar-refractivity contribution in [3.05, 3.63) is 63.1 Å². The molecule has 0 unspecified atom stereocenters.